The molecule has 104 valence electrons. The largest absolute Gasteiger partial charge is 0.481 e. The average Bonchev–Trinajstić information content (AvgIpc) is 2.26. The lowest BCUT2D eigenvalue weighted by Gasteiger charge is -2.40. The third kappa shape index (κ3) is 3.45. The molecule has 0 spiro atoms. The summed E-state index contributed by atoms with van der Waals surface area (Å²) in [5, 5.41) is 8.89. The van der Waals surface area contributed by atoms with Crippen LogP contribution in [0.1, 0.15) is 39.5 Å². The maximum atomic E-state index is 12.4. The van der Waals surface area contributed by atoms with E-state index in [0.717, 1.165) is 25.8 Å². The number of piperidine rings is 1. The first kappa shape index (κ1) is 15.0. The summed E-state index contributed by atoms with van der Waals surface area (Å²) in [4.78, 5) is 26.9. The molecule has 1 rings (SSSR count). The molecular formula is C13H24N2O3. The van der Waals surface area contributed by atoms with Gasteiger partial charge < -0.3 is 10.0 Å². The van der Waals surface area contributed by atoms with Crippen molar-refractivity contribution in [2.24, 2.45) is 0 Å². The Labute approximate surface area is 109 Å². The number of carboxylic acid groups (broad SMARTS) is 1. The highest BCUT2D eigenvalue weighted by molar-refractivity contribution is 5.83. The molecule has 5 nitrogen and oxygen atoms in total. The number of carbonyl (C=O) groups is 2. The first-order valence-corrected chi connectivity index (χ1v) is 6.45. The molecule has 1 aliphatic rings. The number of hydrogen-bond acceptors (Lipinski definition) is 3. The van der Waals surface area contributed by atoms with Gasteiger partial charge in [0.05, 0.1) is 12.5 Å². The highest BCUT2D eigenvalue weighted by atomic mass is 16.4. The molecule has 0 aromatic rings. The predicted octanol–water partition coefficient (Wildman–Crippen LogP) is 1.18. The number of likely N-dealkylation sites (tertiary alicyclic amines) is 1. The molecule has 18 heavy (non-hydrogen) atoms. The molecule has 1 aliphatic heterocycles. The zero-order valence-electron chi connectivity index (χ0n) is 11.8. The highest BCUT2D eigenvalue weighted by Crippen LogP contribution is 2.23. The molecule has 1 fully saturated rings. The van der Waals surface area contributed by atoms with Gasteiger partial charge >= 0.3 is 5.97 Å². The van der Waals surface area contributed by atoms with Crippen LogP contribution >= 0.6 is 0 Å². The summed E-state index contributed by atoms with van der Waals surface area (Å²) in [5.41, 5.74) is -0.652. The lowest BCUT2D eigenvalue weighted by atomic mass is 9.95. The van der Waals surface area contributed by atoms with Crippen molar-refractivity contribution in [2.45, 2.75) is 51.1 Å². The van der Waals surface area contributed by atoms with Gasteiger partial charge in [-0.25, -0.2) is 0 Å². The SMILES string of the molecule is CN1CCCCC1C(=O)N(C)C(C)(C)CC(=O)O. The Balaban J connectivity index is 2.73. The minimum absolute atomic E-state index is 0.0310. The van der Waals surface area contributed by atoms with E-state index in [1.54, 1.807) is 25.8 Å². The maximum absolute atomic E-state index is 12.4. The van der Waals surface area contributed by atoms with Crippen molar-refractivity contribution in [3.8, 4) is 0 Å². The van der Waals surface area contributed by atoms with E-state index in [-0.39, 0.29) is 18.4 Å². The van der Waals surface area contributed by atoms with Crippen LogP contribution in [-0.4, -0.2) is 59.0 Å². The molecule has 1 saturated heterocycles. The van der Waals surface area contributed by atoms with Gasteiger partial charge in [0.1, 0.15) is 0 Å². The molecule has 1 amide bonds. The zero-order valence-corrected chi connectivity index (χ0v) is 11.8. The fraction of sp³-hybridized carbons (Fsp3) is 0.846. The molecule has 0 saturated carbocycles. The van der Waals surface area contributed by atoms with Crippen LogP contribution in [0.4, 0.5) is 0 Å². The topological polar surface area (TPSA) is 60.9 Å². The maximum Gasteiger partial charge on any atom is 0.305 e. The standard InChI is InChI=1S/C13H24N2O3/c1-13(2,9-11(16)17)15(4)12(18)10-7-5-6-8-14(10)3/h10H,5-9H2,1-4H3,(H,16,17). The monoisotopic (exact) mass is 256 g/mol. The van der Waals surface area contributed by atoms with Gasteiger partial charge in [-0.1, -0.05) is 6.42 Å². The number of nitrogens with zero attached hydrogens (tertiary/aromatic N) is 2. The summed E-state index contributed by atoms with van der Waals surface area (Å²) in [7, 11) is 3.66. The Bertz CT molecular complexity index is 328. The fourth-order valence-electron chi connectivity index (χ4n) is 2.40. The predicted molar refractivity (Wildman–Crippen MR) is 69.4 cm³/mol. The van der Waals surface area contributed by atoms with Crippen LogP contribution in [0.2, 0.25) is 0 Å². The highest BCUT2D eigenvalue weighted by Gasteiger charge is 2.35. The van der Waals surface area contributed by atoms with Gasteiger partial charge in [-0.05, 0) is 40.3 Å². The summed E-state index contributed by atoms with van der Waals surface area (Å²) < 4.78 is 0. The lowest BCUT2D eigenvalue weighted by molar-refractivity contribution is -0.146. The number of carbonyl (C=O) groups excluding carboxylic acids is 1. The number of amides is 1. The van der Waals surface area contributed by atoms with E-state index in [4.69, 9.17) is 5.11 Å². The van der Waals surface area contributed by atoms with Crippen LogP contribution < -0.4 is 0 Å². The van der Waals surface area contributed by atoms with Gasteiger partial charge in [0.2, 0.25) is 5.91 Å². The Morgan fingerprint density at radius 3 is 2.50 bits per heavy atom. The normalized spacial score (nSPS) is 21.7. The van der Waals surface area contributed by atoms with Crippen molar-refractivity contribution in [1.82, 2.24) is 9.80 Å². The molecule has 0 aliphatic carbocycles. The van der Waals surface area contributed by atoms with Crippen LogP contribution in [0.25, 0.3) is 0 Å². The van der Waals surface area contributed by atoms with Gasteiger partial charge in [0.25, 0.3) is 0 Å². The number of likely N-dealkylation sites (N-methyl/N-ethyl adjacent to an activating group) is 2. The Kier molecular flexibility index (Phi) is 4.73. The summed E-state index contributed by atoms with van der Waals surface area (Å²) >= 11 is 0. The third-order valence-corrected chi connectivity index (χ3v) is 3.88. The first-order valence-electron chi connectivity index (χ1n) is 6.45. The second-order valence-corrected chi connectivity index (χ2v) is 5.77. The average molecular weight is 256 g/mol. The summed E-state index contributed by atoms with van der Waals surface area (Å²) in [6, 6.07) is -0.100. The number of carboxylic acids is 1. The quantitative estimate of drug-likeness (QED) is 0.820. The van der Waals surface area contributed by atoms with Crippen molar-refractivity contribution in [3.05, 3.63) is 0 Å². The molecule has 5 heteroatoms. The molecule has 1 N–H and O–H groups in total. The van der Waals surface area contributed by atoms with E-state index in [0.29, 0.717) is 0 Å². The van der Waals surface area contributed by atoms with E-state index in [1.807, 2.05) is 7.05 Å². The van der Waals surface area contributed by atoms with E-state index in [9.17, 15) is 9.59 Å². The molecule has 0 aromatic heterocycles. The Morgan fingerprint density at radius 2 is 2.00 bits per heavy atom. The Morgan fingerprint density at radius 1 is 1.39 bits per heavy atom. The molecule has 1 heterocycles. The van der Waals surface area contributed by atoms with E-state index < -0.39 is 11.5 Å². The van der Waals surface area contributed by atoms with E-state index >= 15 is 0 Å². The number of rotatable bonds is 4. The van der Waals surface area contributed by atoms with Gasteiger partial charge in [0, 0.05) is 12.6 Å². The number of aliphatic carboxylic acids is 1. The van der Waals surface area contributed by atoms with Gasteiger partial charge in [0.15, 0.2) is 0 Å². The van der Waals surface area contributed by atoms with Crippen LogP contribution in [0.15, 0.2) is 0 Å². The summed E-state index contributed by atoms with van der Waals surface area (Å²) in [5.74, 6) is -0.847. The van der Waals surface area contributed by atoms with Crippen molar-refractivity contribution >= 4 is 11.9 Å². The second kappa shape index (κ2) is 5.69. The molecule has 0 bridgehead atoms. The molecular weight excluding hydrogens is 232 g/mol. The van der Waals surface area contributed by atoms with Crippen LogP contribution in [0.3, 0.4) is 0 Å². The number of hydrogen-bond donors (Lipinski definition) is 1. The third-order valence-electron chi connectivity index (χ3n) is 3.88. The van der Waals surface area contributed by atoms with Crippen LogP contribution in [-0.2, 0) is 9.59 Å². The van der Waals surface area contributed by atoms with Crippen molar-refractivity contribution in [3.63, 3.8) is 0 Å². The second-order valence-electron chi connectivity index (χ2n) is 5.77. The van der Waals surface area contributed by atoms with E-state index in [1.165, 1.54) is 0 Å². The minimum Gasteiger partial charge on any atom is -0.481 e. The summed E-state index contributed by atoms with van der Waals surface area (Å²) in [6.45, 7) is 4.52. The fourth-order valence-corrected chi connectivity index (χ4v) is 2.40. The first-order chi connectivity index (χ1) is 8.25. The molecule has 0 radical (unpaired) electrons. The van der Waals surface area contributed by atoms with Crippen LogP contribution in [0.5, 0.6) is 0 Å². The molecule has 1 unspecified atom stereocenters. The van der Waals surface area contributed by atoms with Crippen molar-refractivity contribution < 1.29 is 14.7 Å². The van der Waals surface area contributed by atoms with Gasteiger partial charge in [-0.15, -0.1) is 0 Å². The Hall–Kier alpha value is -1.10. The zero-order chi connectivity index (χ0) is 13.9. The minimum atomic E-state index is -0.878. The lowest BCUT2D eigenvalue weighted by Crippen LogP contribution is -2.54. The van der Waals surface area contributed by atoms with Crippen molar-refractivity contribution in [1.29, 1.82) is 0 Å². The molecule has 0 aromatic carbocycles. The van der Waals surface area contributed by atoms with Gasteiger partial charge in [-0.2, -0.15) is 0 Å². The summed E-state index contributed by atoms with van der Waals surface area (Å²) in [6.07, 6.45) is 3.02. The van der Waals surface area contributed by atoms with E-state index in [2.05, 4.69) is 4.90 Å². The van der Waals surface area contributed by atoms with Crippen molar-refractivity contribution in [2.75, 3.05) is 20.6 Å². The van der Waals surface area contributed by atoms with Gasteiger partial charge in [-0.3, -0.25) is 14.5 Å². The smallest absolute Gasteiger partial charge is 0.305 e. The molecule has 1 atom stereocenters. The van der Waals surface area contributed by atoms with Crippen LogP contribution in [0, 0.1) is 0 Å².